The average molecular weight is 413 g/mol. The number of Topliss-reactive ketones (excluding diaryl/α,β-unsaturated/α-hetero) is 1. The van der Waals surface area contributed by atoms with Gasteiger partial charge < -0.3 is 15.1 Å². The largest absolute Gasteiger partial charge is 0.459 e. The fourth-order valence-corrected chi connectivity index (χ4v) is 2.64. The van der Waals surface area contributed by atoms with E-state index in [0.29, 0.717) is 11.3 Å². The molecule has 0 aliphatic heterocycles. The lowest BCUT2D eigenvalue weighted by Gasteiger charge is -2.20. The van der Waals surface area contributed by atoms with Crippen molar-refractivity contribution in [3.63, 3.8) is 0 Å². The summed E-state index contributed by atoms with van der Waals surface area (Å²) in [5, 5.41) is 5.76. The van der Waals surface area contributed by atoms with Gasteiger partial charge in [-0.05, 0) is 43.3 Å². The number of hydrogen-bond donors (Lipinski definition) is 2. The fourth-order valence-electron chi connectivity index (χ4n) is 2.37. The monoisotopic (exact) mass is 412 g/mol. The average Bonchev–Trinajstić information content (AvgIpc) is 3.18. The third-order valence-corrected chi connectivity index (χ3v) is 4.30. The summed E-state index contributed by atoms with van der Waals surface area (Å²) >= 11 is 3.37. The second kappa shape index (κ2) is 8.01. The summed E-state index contributed by atoms with van der Waals surface area (Å²) in [6.45, 7) is 1.95. The molecule has 1 amide bonds. The highest BCUT2D eigenvalue weighted by molar-refractivity contribution is 9.10. The Morgan fingerprint density at radius 2 is 1.69 bits per heavy atom. The van der Waals surface area contributed by atoms with Gasteiger partial charge in [0.15, 0.2) is 11.9 Å². The van der Waals surface area contributed by atoms with Gasteiger partial charge in [-0.25, -0.2) is 0 Å². The summed E-state index contributed by atoms with van der Waals surface area (Å²) in [6.07, 6.45) is 0.477. The molecule has 0 aliphatic rings. The van der Waals surface area contributed by atoms with Gasteiger partial charge in [0.25, 0.3) is 5.91 Å². The zero-order chi connectivity index (χ0) is 18.5. The van der Waals surface area contributed by atoms with Crippen LogP contribution in [0.15, 0.2) is 75.8 Å². The predicted octanol–water partition coefficient (Wildman–Crippen LogP) is 4.40. The van der Waals surface area contributed by atoms with Gasteiger partial charge in [0.1, 0.15) is 0 Å². The van der Waals surface area contributed by atoms with Gasteiger partial charge in [0, 0.05) is 15.7 Å². The van der Waals surface area contributed by atoms with Crippen LogP contribution in [-0.2, 0) is 0 Å². The molecular formula is C20H17BrN2O3. The Morgan fingerprint density at radius 3 is 2.31 bits per heavy atom. The number of carbonyl (C=O) groups excluding carboxylic acids is 2. The lowest BCUT2D eigenvalue weighted by atomic mass is 10.1. The number of anilines is 1. The molecule has 0 aliphatic carbocycles. The fraction of sp³-hybridized carbons (Fsp3) is 0.100. The zero-order valence-electron chi connectivity index (χ0n) is 14.0. The Morgan fingerprint density at radius 1 is 1.00 bits per heavy atom. The van der Waals surface area contributed by atoms with E-state index in [0.717, 1.165) is 10.0 Å². The van der Waals surface area contributed by atoms with Crippen LogP contribution in [0, 0.1) is 6.92 Å². The number of amides is 1. The molecule has 0 unspecified atom stereocenters. The first-order valence-electron chi connectivity index (χ1n) is 8.00. The number of ketones is 1. The SMILES string of the molecule is Cc1ccc(C(=O)[C@@H](NC(=O)c2ccco2)Nc2ccc(Br)cc2)cc1. The standard InChI is InChI=1S/C20H17BrN2O3/c1-13-4-6-14(7-5-13)18(24)19(22-16-10-8-15(21)9-11-16)23-20(25)17-3-2-12-26-17/h2-12,19,22H,1H3,(H,23,25)/t19-/m1/s1. The zero-order valence-corrected chi connectivity index (χ0v) is 15.6. The second-order valence-corrected chi connectivity index (χ2v) is 6.68. The topological polar surface area (TPSA) is 71.3 Å². The summed E-state index contributed by atoms with van der Waals surface area (Å²) in [5.74, 6) is -0.567. The molecule has 132 valence electrons. The van der Waals surface area contributed by atoms with E-state index in [4.69, 9.17) is 4.42 Å². The van der Waals surface area contributed by atoms with Crippen LogP contribution in [0.2, 0.25) is 0 Å². The normalized spacial score (nSPS) is 11.6. The Balaban J connectivity index is 1.84. The molecule has 3 aromatic rings. The Hall–Kier alpha value is -2.86. The van der Waals surface area contributed by atoms with Crippen molar-refractivity contribution < 1.29 is 14.0 Å². The van der Waals surface area contributed by atoms with E-state index in [-0.39, 0.29) is 11.5 Å². The van der Waals surface area contributed by atoms with Crippen LogP contribution in [0.25, 0.3) is 0 Å². The molecule has 0 radical (unpaired) electrons. The minimum Gasteiger partial charge on any atom is -0.459 e. The second-order valence-electron chi connectivity index (χ2n) is 5.77. The smallest absolute Gasteiger partial charge is 0.288 e. The van der Waals surface area contributed by atoms with Crippen molar-refractivity contribution in [2.24, 2.45) is 0 Å². The van der Waals surface area contributed by atoms with Gasteiger partial charge in [0.2, 0.25) is 5.78 Å². The minimum absolute atomic E-state index is 0.143. The van der Waals surface area contributed by atoms with Gasteiger partial charge in [-0.2, -0.15) is 0 Å². The number of aryl methyl sites for hydroxylation is 1. The van der Waals surface area contributed by atoms with E-state index < -0.39 is 12.1 Å². The molecule has 0 saturated heterocycles. The van der Waals surface area contributed by atoms with Gasteiger partial charge >= 0.3 is 0 Å². The van der Waals surface area contributed by atoms with E-state index in [1.54, 1.807) is 24.3 Å². The third-order valence-electron chi connectivity index (χ3n) is 3.77. The lowest BCUT2D eigenvalue weighted by molar-refractivity contribution is 0.0853. The molecule has 0 fully saturated rings. The molecule has 0 saturated carbocycles. The maximum atomic E-state index is 12.9. The van der Waals surface area contributed by atoms with Gasteiger partial charge in [-0.1, -0.05) is 45.8 Å². The summed E-state index contributed by atoms with van der Waals surface area (Å²) in [7, 11) is 0. The van der Waals surface area contributed by atoms with Crippen molar-refractivity contribution in [3.05, 3.63) is 88.3 Å². The Bertz CT molecular complexity index is 888. The van der Waals surface area contributed by atoms with Crippen molar-refractivity contribution >= 4 is 33.3 Å². The molecule has 3 rings (SSSR count). The highest BCUT2D eigenvalue weighted by Crippen LogP contribution is 2.16. The van der Waals surface area contributed by atoms with Crippen molar-refractivity contribution in [3.8, 4) is 0 Å². The Labute approximate surface area is 159 Å². The number of nitrogens with one attached hydrogen (secondary N) is 2. The van der Waals surface area contributed by atoms with E-state index in [9.17, 15) is 9.59 Å². The summed E-state index contributed by atoms with van der Waals surface area (Å²) in [5.41, 5.74) is 2.27. The van der Waals surface area contributed by atoms with Crippen LogP contribution < -0.4 is 10.6 Å². The number of rotatable bonds is 6. The van der Waals surface area contributed by atoms with Crippen LogP contribution in [0.5, 0.6) is 0 Å². The molecule has 1 aromatic heterocycles. The first-order chi connectivity index (χ1) is 12.5. The highest BCUT2D eigenvalue weighted by Gasteiger charge is 2.23. The summed E-state index contributed by atoms with van der Waals surface area (Å²) in [6, 6.07) is 17.7. The molecule has 26 heavy (non-hydrogen) atoms. The van der Waals surface area contributed by atoms with Crippen LogP contribution in [-0.4, -0.2) is 17.9 Å². The first-order valence-corrected chi connectivity index (χ1v) is 8.79. The lowest BCUT2D eigenvalue weighted by Crippen LogP contribution is -2.46. The molecule has 0 bridgehead atoms. The van der Waals surface area contributed by atoms with Crippen LogP contribution >= 0.6 is 15.9 Å². The van der Waals surface area contributed by atoms with Crippen molar-refractivity contribution in [1.82, 2.24) is 5.32 Å². The van der Waals surface area contributed by atoms with Crippen LogP contribution in [0.1, 0.15) is 26.5 Å². The minimum atomic E-state index is -0.934. The predicted molar refractivity (Wildman–Crippen MR) is 103 cm³/mol. The molecule has 5 nitrogen and oxygen atoms in total. The summed E-state index contributed by atoms with van der Waals surface area (Å²) in [4.78, 5) is 25.3. The van der Waals surface area contributed by atoms with E-state index in [1.165, 1.54) is 6.26 Å². The molecule has 2 N–H and O–H groups in total. The number of halogens is 1. The van der Waals surface area contributed by atoms with E-state index in [2.05, 4.69) is 26.6 Å². The molecule has 6 heteroatoms. The number of carbonyl (C=O) groups is 2. The van der Waals surface area contributed by atoms with Crippen LogP contribution in [0.4, 0.5) is 5.69 Å². The van der Waals surface area contributed by atoms with E-state index in [1.807, 2.05) is 43.3 Å². The first kappa shape index (κ1) is 17.9. The Kier molecular flexibility index (Phi) is 5.53. The van der Waals surface area contributed by atoms with Crippen molar-refractivity contribution in [2.75, 3.05) is 5.32 Å². The van der Waals surface area contributed by atoms with Gasteiger partial charge in [0.05, 0.1) is 6.26 Å². The number of furan rings is 1. The molecule has 2 aromatic carbocycles. The van der Waals surface area contributed by atoms with E-state index >= 15 is 0 Å². The summed E-state index contributed by atoms with van der Waals surface area (Å²) < 4.78 is 6.03. The maximum Gasteiger partial charge on any atom is 0.288 e. The molecular weight excluding hydrogens is 396 g/mol. The van der Waals surface area contributed by atoms with Gasteiger partial charge in [-0.3, -0.25) is 9.59 Å². The number of benzene rings is 2. The molecule has 1 atom stereocenters. The molecule has 0 spiro atoms. The number of hydrogen-bond acceptors (Lipinski definition) is 4. The van der Waals surface area contributed by atoms with Gasteiger partial charge in [-0.15, -0.1) is 0 Å². The third kappa shape index (κ3) is 4.40. The van der Waals surface area contributed by atoms with Crippen molar-refractivity contribution in [2.45, 2.75) is 13.1 Å². The highest BCUT2D eigenvalue weighted by atomic mass is 79.9. The maximum absolute atomic E-state index is 12.9. The van der Waals surface area contributed by atoms with Crippen LogP contribution in [0.3, 0.4) is 0 Å². The van der Waals surface area contributed by atoms with Crippen molar-refractivity contribution in [1.29, 1.82) is 0 Å². The molecule has 1 heterocycles. The quantitative estimate of drug-likeness (QED) is 0.464.